The van der Waals surface area contributed by atoms with Gasteiger partial charge in [-0.1, -0.05) is 42.5 Å². The highest BCUT2D eigenvalue weighted by Crippen LogP contribution is 2.16. The normalized spacial score (nSPS) is 11.7. The minimum atomic E-state index is -0.348. The zero-order valence-corrected chi connectivity index (χ0v) is 13.6. The van der Waals surface area contributed by atoms with E-state index in [4.69, 9.17) is 9.47 Å². The molecule has 0 spiro atoms. The maximum atomic E-state index is 11.9. The number of benzene rings is 2. The average Bonchev–Trinajstić information content (AvgIpc) is 2.59. The van der Waals surface area contributed by atoms with Crippen molar-refractivity contribution < 1.29 is 14.3 Å². The van der Waals surface area contributed by atoms with Gasteiger partial charge in [0.15, 0.2) is 0 Å². The van der Waals surface area contributed by atoms with Gasteiger partial charge in [-0.25, -0.2) is 0 Å². The van der Waals surface area contributed by atoms with Crippen molar-refractivity contribution in [1.82, 2.24) is 5.32 Å². The first-order chi connectivity index (χ1) is 11.2. The molecule has 2 aromatic carbocycles. The third kappa shape index (κ3) is 5.42. The molecule has 0 heterocycles. The van der Waals surface area contributed by atoms with Crippen molar-refractivity contribution in [2.75, 3.05) is 13.7 Å². The van der Waals surface area contributed by atoms with Crippen molar-refractivity contribution in [3.63, 3.8) is 0 Å². The molecule has 1 N–H and O–H groups in total. The van der Waals surface area contributed by atoms with E-state index < -0.39 is 0 Å². The van der Waals surface area contributed by atoms with Crippen LogP contribution < -0.4 is 10.1 Å². The summed E-state index contributed by atoms with van der Waals surface area (Å²) in [6.45, 7) is 2.72. The molecular weight excluding hydrogens is 290 g/mol. The number of likely N-dealkylation sites (N-methyl/N-ethyl adjacent to an activating group) is 1. The fraction of sp³-hybridized carbons (Fsp3) is 0.316. The van der Waals surface area contributed by atoms with E-state index in [1.54, 1.807) is 7.05 Å². The quantitative estimate of drug-likeness (QED) is 0.761. The molecule has 2 aromatic rings. The number of hydrogen-bond donors (Lipinski definition) is 1. The van der Waals surface area contributed by atoms with Crippen LogP contribution in [0.25, 0.3) is 0 Å². The van der Waals surface area contributed by atoms with Gasteiger partial charge in [0, 0.05) is 0 Å². The van der Waals surface area contributed by atoms with Crippen LogP contribution in [0.1, 0.15) is 18.1 Å². The summed E-state index contributed by atoms with van der Waals surface area (Å²) in [6, 6.07) is 17.5. The van der Waals surface area contributed by atoms with Crippen molar-refractivity contribution in [3.8, 4) is 5.75 Å². The molecule has 0 aliphatic carbocycles. The van der Waals surface area contributed by atoms with Crippen LogP contribution in [0.3, 0.4) is 0 Å². The van der Waals surface area contributed by atoms with E-state index in [1.807, 2.05) is 61.5 Å². The lowest BCUT2D eigenvalue weighted by atomic mass is 10.1. The molecule has 1 unspecified atom stereocenters. The second-order valence-electron chi connectivity index (χ2n) is 5.22. The molecule has 23 heavy (non-hydrogen) atoms. The Kier molecular flexibility index (Phi) is 6.63. The van der Waals surface area contributed by atoms with Gasteiger partial charge in [-0.2, -0.15) is 0 Å². The summed E-state index contributed by atoms with van der Waals surface area (Å²) >= 11 is 0. The Morgan fingerprint density at radius 1 is 1.09 bits per heavy atom. The third-order valence-corrected chi connectivity index (χ3v) is 3.51. The number of carbonyl (C=O) groups excluding carboxylic acids is 1. The minimum absolute atomic E-state index is 0.231. The Morgan fingerprint density at radius 3 is 2.52 bits per heavy atom. The summed E-state index contributed by atoms with van der Waals surface area (Å²) in [4.78, 5) is 11.9. The fourth-order valence-corrected chi connectivity index (χ4v) is 2.28. The summed E-state index contributed by atoms with van der Waals surface area (Å²) < 4.78 is 10.9. The smallest absolute Gasteiger partial charge is 0.323 e. The molecule has 4 heteroatoms. The number of rotatable bonds is 8. The van der Waals surface area contributed by atoms with Crippen LogP contribution in [0.15, 0.2) is 54.6 Å². The Hall–Kier alpha value is -2.33. The highest BCUT2D eigenvalue weighted by molar-refractivity contribution is 5.76. The van der Waals surface area contributed by atoms with E-state index in [2.05, 4.69) is 5.32 Å². The molecule has 2 rings (SSSR count). The van der Waals surface area contributed by atoms with E-state index in [-0.39, 0.29) is 12.0 Å². The van der Waals surface area contributed by atoms with Gasteiger partial charge in [-0.3, -0.25) is 4.79 Å². The molecule has 0 aliphatic rings. The Labute approximate surface area is 137 Å². The first-order valence-electron chi connectivity index (χ1n) is 7.82. The number of hydrogen-bond acceptors (Lipinski definition) is 4. The van der Waals surface area contributed by atoms with Crippen LogP contribution in [-0.2, 0) is 22.6 Å². The average molecular weight is 313 g/mol. The lowest BCUT2D eigenvalue weighted by Gasteiger charge is -2.15. The largest absolute Gasteiger partial charge is 0.489 e. The maximum absolute atomic E-state index is 11.9. The van der Waals surface area contributed by atoms with Crippen LogP contribution >= 0.6 is 0 Å². The SMILES string of the molecule is CCOC(=O)C(Cc1cccc(OCc2ccccc2)c1)NC. The van der Waals surface area contributed by atoms with E-state index in [1.165, 1.54) is 0 Å². The Morgan fingerprint density at radius 2 is 1.83 bits per heavy atom. The van der Waals surface area contributed by atoms with Crippen molar-refractivity contribution in [2.45, 2.75) is 26.0 Å². The summed E-state index contributed by atoms with van der Waals surface area (Å²) in [7, 11) is 1.76. The van der Waals surface area contributed by atoms with Gasteiger partial charge in [0.05, 0.1) is 6.61 Å². The zero-order chi connectivity index (χ0) is 16.5. The maximum Gasteiger partial charge on any atom is 0.323 e. The first kappa shape index (κ1) is 17.0. The molecule has 0 amide bonds. The predicted molar refractivity (Wildman–Crippen MR) is 90.4 cm³/mol. The van der Waals surface area contributed by atoms with Gasteiger partial charge in [-0.05, 0) is 43.7 Å². The van der Waals surface area contributed by atoms with Crippen LogP contribution in [0.5, 0.6) is 5.75 Å². The summed E-state index contributed by atoms with van der Waals surface area (Å²) in [6.07, 6.45) is 0.567. The molecule has 0 aliphatic heterocycles. The molecule has 0 aromatic heterocycles. The molecule has 1 atom stereocenters. The van der Waals surface area contributed by atoms with Gasteiger partial charge >= 0.3 is 5.97 Å². The summed E-state index contributed by atoms with van der Waals surface area (Å²) in [5.41, 5.74) is 2.15. The molecule has 4 nitrogen and oxygen atoms in total. The lowest BCUT2D eigenvalue weighted by molar-refractivity contribution is -0.145. The van der Waals surface area contributed by atoms with Gasteiger partial charge in [-0.15, -0.1) is 0 Å². The second kappa shape index (κ2) is 8.96. The Bertz CT molecular complexity index is 613. The molecule has 0 saturated heterocycles. The van der Waals surface area contributed by atoms with Crippen LogP contribution in [0, 0.1) is 0 Å². The van der Waals surface area contributed by atoms with Crippen LogP contribution in [0.4, 0.5) is 0 Å². The molecule has 0 fully saturated rings. The van der Waals surface area contributed by atoms with Crippen molar-refractivity contribution in [3.05, 3.63) is 65.7 Å². The van der Waals surface area contributed by atoms with Gasteiger partial charge in [0.1, 0.15) is 18.4 Å². The van der Waals surface area contributed by atoms with Gasteiger partial charge in [0.25, 0.3) is 0 Å². The van der Waals surface area contributed by atoms with Gasteiger partial charge < -0.3 is 14.8 Å². The number of nitrogens with one attached hydrogen (secondary N) is 1. The van der Waals surface area contributed by atoms with Crippen molar-refractivity contribution in [1.29, 1.82) is 0 Å². The lowest BCUT2D eigenvalue weighted by Crippen LogP contribution is -2.37. The Balaban J connectivity index is 1.97. The topological polar surface area (TPSA) is 47.6 Å². The zero-order valence-electron chi connectivity index (χ0n) is 13.6. The fourth-order valence-electron chi connectivity index (χ4n) is 2.28. The summed E-state index contributed by atoms with van der Waals surface area (Å²) in [5, 5.41) is 3.00. The number of ether oxygens (including phenoxy) is 2. The molecule has 0 radical (unpaired) electrons. The van der Waals surface area contributed by atoms with E-state index in [9.17, 15) is 4.79 Å². The van der Waals surface area contributed by atoms with Crippen LogP contribution in [-0.4, -0.2) is 25.7 Å². The van der Waals surface area contributed by atoms with Gasteiger partial charge in [0.2, 0.25) is 0 Å². The highest BCUT2D eigenvalue weighted by atomic mass is 16.5. The standard InChI is InChI=1S/C19H23NO3/c1-3-22-19(21)18(20-2)13-16-10-7-11-17(12-16)23-14-15-8-5-4-6-9-15/h4-12,18,20H,3,13-14H2,1-2H3. The minimum Gasteiger partial charge on any atom is -0.489 e. The summed E-state index contributed by atoms with van der Waals surface area (Å²) in [5.74, 6) is 0.565. The van der Waals surface area contributed by atoms with E-state index >= 15 is 0 Å². The number of esters is 1. The van der Waals surface area contributed by atoms with E-state index in [0.717, 1.165) is 16.9 Å². The number of carbonyl (C=O) groups is 1. The van der Waals surface area contributed by atoms with Crippen molar-refractivity contribution >= 4 is 5.97 Å². The predicted octanol–water partition coefficient (Wildman–Crippen LogP) is 2.96. The van der Waals surface area contributed by atoms with Crippen molar-refractivity contribution in [2.24, 2.45) is 0 Å². The highest BCUT2D eigenvalue weighted by Gasteiger charge is 2.18. The molecule has 0 saturated carbocycles. The monoisotopic (exact) mass is 313 g/mol. The second-order valence-corrected chi connectivity index (χ2v) is 5.22. The molecular formula is C19H23NO3. The van der Waals surface area contributed by atoms with E-state index in [0.29, 0.717) is 19.6 Å². The van der Waals surface area contributed by atoms with Crippen LogP contribution in [0.2, 0.25) is 0 Å². The molecule has 122 valence electrons. The third-order valence-electron chi connectivity index (χ3n) is 3.51. The first-order valence-corrected chi connectivity index (χ1v) is 7.82. The molecule has 0 bridgehead atoms.